The second-order valence-corrected chi connectivity index (χ2v) is 5.71. The summed E-state index contributed by atoms with van der Waals surface area (Å²) in [5.41, 5.74) is 2.55. The van der Waals surface area contributed by atoms with Gasteiger partial charge in [0, 0.05) is 17.7 Å². The van der Waals surface area contributed by atoms with E-state index in [1.807, 2.05) is 30.3 Å². The normalized spacial score (nSPS) is 10.8. The van der Waals surface area contributed by atoms with Crippen molar-refractivity contribution in [3.8, 4) is 28.6 Å². The SMILES string of the molecule is CCCOc1ccc(-c2nc3cc(OC)c(OC)cc3[nH]2)cc1Cl. The summed E-state index contributed by atoms with van der Waals surface area (Å²) in [6.45, 7) is 2.70. The smallest absolute Gasteiger partial charge is 0.163 e. The molecule has 0 bridgehead atoms. The van der Waals surface area contributed by atoms with Gasteiger partial charge in [-0.1, -0.05) is 18.5 Å². The first-order chi connectivity index (χ1) is 11.7. The maximum atomic E-state index is 6.30. The van der Waals surface area contributed by atoms with Crippen molar-refractivity contribution in [2.45, 2.75) is 13.3 Å². The second-order valence-electron chi connectivity index (χ2n) is 5.30. The van der Waals surface area contributed by atoms with Gasteiger partial charge in [-0.25, -0.2) is 4.98 Å². The number of hydrogen-bond donors (Lipinski definition) is 1. The maximum Gasteiger partial charge on any atom is 0.163 e. The molecule has 0 aliphatic heterocycles. The van der Waals surface area contributed by atoms with Crippen LogP contribution in [0.15, 0.2) is 30.3 Å². The van der Waals surface area contributed by atoms with E-state index in [9.17, 15) is 0 Å². The van der Waals surface area contributed by atoms with E-state index in [0.29, 0.717) is 28.9 Å². The zero-order valence-electron chi connectivity index (χ0n) is 13.9. The van der Waals surface area contributed by atoms with Crippen molar-refractivity contribution >= 4 is 22.6 Å². The zero-order chi connectivity index (χ0) is 17.1. The lowest BCUT2D eigenvalue weighted by Crippen LogP contribution is -1.95. The number of halogens is 1. The highest BCUT2D eigenvalue weighted by Crippen LogP contribution is 2.34. The van der Waals surface area contributed by atoms with Crippen LogP contribution in [0.3, 0.4) is 0 Å². The molecule has 0 amide bonds. The average Bonchev–Trinajstić information content (AvgIpc) is 3.02. The van der Waals surface area contributed by atoms with Crippen molar-refractivity contribution in [1.82, 2.24) is 9.97 Å². The Kier molecular flexibility index (Phi) is 4.81. The van der Waals surface area contributed by atoms with Crippen molar-refractivity contribution in [3.05, 3.63) is 35.4 Å². The van der Waals surface area contributed by atoms with Crippen LogP contribution >= 0.6 is 11.6 Å². The minimum atomic E-state index is 0.566. The predicted octanol–water partition coefficient (Wildman–Crippen LogP) is 4.69. The standard InChI is InChI=1S/C18H19ClN2O3/c1-4-7-24-15-6-5-11(8-12(15)19)18-20-13-9-16(22-2)17(23-3)10-14(13)21-18/h5-6,8-10H,4,7H2,1-3H3,(H,20,21). The largest absolute Gasteiger partial charge is 0.493 e. The number of methoxy groups -OCH3 is 2. The molecule has 0 aliphatic carbocycles. The van der Waals surface area contributed by atoms with Gasteiger partial charge in [-0.15, -0.1) is 0 Å². The molecule has 0 spiro atoms. The first-order valence-electron chi connectivity index (χ1n) is 7.70. The Morgan fingerprint density at radius 3 is 2.46 bits per heavy atom. The van der Waals surface area contributed by atoms with Gasteiger partial charge in [-0.2, -0.15) is 0 Å². The van der Waals surface area contributed by atoms with Gasteiger partial charge >= 0.3 is 0 Å². The number of aromatic amines is 1. The number of aromatic nitrogens is 2. The fraction of sp³-hybridized carbons (Fsp3) is 0.278. The van der Waals surface area contributed by atoms with Crippen LogP contribution in [-0.2, 0) is 0 Å². The Morgan fingerprint density at radius 1 is 1.04 bits per heavy atom. The van der Waals surface area contributed by atoms with Crippen LogP contribution in [0.5, 0.6) is 17.2 Å². The third kappa shape index (κ3) is 3.12. The summed E-state index contributed by atoms with van der Waals surface area (Å²) in [6, 6.07) is 9.35. The van der Waals surface area contributed by atoms with Crippen LogP contribution in [0.25, 0.3) is 22.4 Å². The van der Waals surface area contributed by atoms with Crippen LogP contribution in [0.1, 0.15) is 13.3 Å². The van der Waals surface area contributed by atoms with Crippen LogP contribution in [0.2, 0.25) is 5.02 Å². The summed E-state index contributed by atoms with van der Waals surface area (Å²) < 4.78 is 16.2. The molecule has 0 radical (unpaired) electrons. The lowest BCUT2D eigenvalue weighted by molar-refractivity contribution is 0.317. The van der Waals surface area contributed by atoms with E-state index in [0.717, 1.165) is 28.8 Å². The number of imidazole rings is 1. The molecule has 0 atom stereocenters. The number of ether oxygens (including phenoxy) is 3. The van der Waals surface area contributed by atoms with E-state index in [1.54, 1.807) is 14.2 Å². The number of nitrogens with zero attached hydrogens (tertiary/aromatic N) is 1. The van der Waals surface area contributed by atoms with Gasteiger partial charge in [0.1, 0.15) is 11.6 Å². The van der Waals surface area contributed by atoms with Gasteiger partial charge in [-0.05, 0) is 24.6 Å². The number of hydrogen-bond acceptors (Lipinski definition) is 4. The van der Waals surface area contributed by atoms with Crippen LogP contribution < -0.4 is 14.2 Å². The molecule has 0 saturated carbocycles. The lowest BCUT2D eigenvalue weighted by Gasteiger charge is -2.07. The second kappa shape index (κ2) is 7.01. The van der Waals surface area contributed by atoms with Crippen molar-refractivity contribution in [2.75, 3.05) is 20.8 Å². The maximum absolute atomic E-state index is 6.30. The van der Waals surface area contributed by atoms with E-state index in [1.165, 1.54) is 0 Å². The summed E-state index contributed by atoms with van der Waals surface area (Å²) >= 11 is 6.30. The van der Waals surface area contributed by atoms with Gasteiger partial charge < -0.3 is 19.2 Å². The average molecular weight is 347 g/mol. The molecule has 5 nitrogen and oxygen atoms in total. The van der Waals surface area contributed by atoms with Crippen molar-refractivity contribution < 1.29 is 14.2 Å². The van der Waals surface area contributed by atoms with Gasteiger partial charge in [-0.3, -0.25) is 0 Å². The first kappa shape index (κ1) is 16.5. The number of H-pyrrole nitrogens is 1. The summed E-state index contributed by atoms with van der Waals surface area (Å²) in [4.78, 5) is 7.89. The molecule has 0 aliphatic rings. The molecule has 3 aromatic rings. The molecule has 0 saturated heterocycles. The Morgan fingerprint density at radius 2 is 1.79 bits per heavy atom. The van der Waals surface area contributed by atoms with E-state index >= 15 is 0 Å². The van der Waals surface area contributed by atoms with Crippen molar-refractivity contribution in [1.29, 1.82) is 0 Å². The van der Waals surface area contributed by atoms with Gasteiger partial charge in [0.05, 0.1) is 36.9 Å². The van der Waals surface area contributed by atoms with Crippen LogP contribution in [0.4, 0.5) is 0 Å². The Hall–Kier alpha value is -2.40. The van der Waals surface area contributed by atoms with Crippen molar-refractivity contribution in [3.63, 3.8) is 0 Å². The summed E-state index contributed by atoms with van der Waals surface area (Å²) in [5, 5.41) is 0.566. The molecular formula is C18H19ClN2O3. The fourth-order valence-corrected chi connectivity index (χ4v) is 2.69. The molecular weight excluding hydrogens is 328 g/mol. The molecule has 3 rings (SSSR count). The third-order valence-corrected chi connectivity index (χ3v) is 3.95. The zero-order valence-corrected chi connectivity index (χ0v) is 14.6. The van der Waals surface area contributed by atoms with E-state index < -0.39 is 0 Å². The Bertz CT molecular complexity index is 820. The van der Waals surface area contributed by atoms with E-state index in [2.05, 4.69) is 16.9 Å². The third-order valence-electron chi connectivity index (χ3n) is 3.65. The van der Waals surface area contributed by atoms with Crippen LogP contribution in [0, 0.1) is 0 Å². The van der Waals surface area contributed by atoms with Gasteiger partial charge in [0.15, 0.2) is 11.5 Å². The quantitative estimate of drug-likeness (QED) is 0.703. The Balaban J connectivity index is 1.98. The summed E-state index contributed by atoms with van der Waals surface area (Å²) in [6.07, 6.45) is 0.936. The fourth-order valence-electron chi connectivity index (χ4n) is 2.45. The van der Waals surface area contributed by atoms with Gasteiger partial charge in [0.2, 0.25) is 0 Å². The Labute approximate surface area is 145 Å². The van der Waals surface area contributed by atoms with Gasteiger partial charge in [0.25, 0.3) is 0 Å². The number of nitrogens with one attached hydrogen (secondary N) is 1. The van der Waals surface area contributed by atoms with Crippen LogP contribution in [-0.4, -0.2) is 30.8 Å². The number of rotatable bonds is 6. The highest BCUT2D eigenvalue weighted by Gasteiger charge is 2.12. The van der Waals surface area contributed by atoms with E-state index in [4.69, 9.17) is 25.8 Å². The molecule has 2 aromatic carbocycles. The molecule has 1 heterocycles. The molecule has 0 fully saturated rings. The minimum absolute atomic E-state index is 0.566. The molecule has 1 aromatic heterocycles. The van der Waals surface area contributed by atoms with E-state index in [-0.39, 0.29) is 0 Å². The molecule has 24 heavy (non-hydrogen) atoms. The summed E-state index contributed by atoms with van der Waals surface area (Å²) in [5.74, 6) is 2.71. The molecule has 126 valence electrons. The topological polar surface area (TPSA) is 56.4 Å². The first-order valence-corrected chi connectivity index (χ1v) is 8.08. The number of benzene rings is 2. The molecule has 0 unspecified atom stereocenters. The predicted molar refractivity (Wildman–Crippen MR) is 95.4 cm³/mol. The monoisotopic (exact) mass is 346 g/mol. The molecule has 1 N–H and O–H groups in total. The molecule has 6 heteroatoms. The number of fused-ring (bicyclic) bond motifs is 1. The highest BCUT2D eigenvalue weighted by molar-refractivity contribution is 6.32. The lowest BCUT2D eigenvalue weighted by atomic mass is 10.2. The summed E-state index contributed by atoms with van der Waals surface area (Å²) in [7, 11) is 3.21. The van der Waals surface area contributed by atoms with Crippen molar-refractivity contribution in [2.24, 2.45) is 0 Å². The minimum Gasteiger partial charge on any atom is -0.493 e. The highest BCUT2D eigenvalue weighted by atomic mass is 35.5.